The van der Waals surface area contributed by atoms with E-state index in [0.717, 1.165) is 18.4 Å². The summed E-state index contributed by atoms with van der Waals surface area (Å²) in [4.78, 5) is 0. The first-order valence-corrected chi connectivity index (χ1v) is 30.1. The van der Waals surface area contributed by atoms with Gasteiger partial charge in [-0.15, -0.1) is 0 Å². The lowest BCUT2D eigenvalue weighted by atomic mass is 9.61. The van der Waals surface area contributed by atoms with E-state index in [1.807, 2.05) is 0 Å². The molecule has 0 heterocycles. The van der Waals surface area contributed by atoms with E-state index in [-0.39, 0.29) is 33.3 Å². The average molecular weight is 775 g/mol. The van der Waals surface area contributed by atoms with Crippen LogP contribution in [0.4, 0.5) is 0 Å². The highest BCUT2D eigenvalue weighted by Crippen LogP contribution is 2.59. The molecule has 3 saturated carbocycles. The second kappa shape index (κ2) is 15.8. The maximum atomic E-state index is 7.13. The molecule has 1 aromatic carbocycles. The normalized spacial score (nSPS) is 28.5. The minimum atomic E-state index is -2.00. The average Bonchev–Trinajstić information content (AvgIpc) is 3.36. The third-order valence-electron chi connectivity index (χ3n) is 13.9. The Bertz CT molecular complexity index is 1600. The maximum Gasteiger partial charge on any atom is 0.192 e. The first-order valence-electron chi connectivity index (χ1n) is 20.8. The van der Waals surface area contributed by atoms with Gasteiger partial charge in [0.15, 0.2) is 25.0 Å². The van der Waals surface area contributed by atoms with Crippen molar-refractivity contribution in [3.8, 4) is 11.8 Å². The molecular weight excluding hydrogens is 697 g/mol. The fraction of sp³-hybridized carbons (Fsp3) is 0.702. The van der Waals surface area contributed by atoms with E-state index in [2.05, 4.69) is 163 Å². The van der Waals surface area contributed by atoms with Crippen molar-refractivity contribution in [2.24, 2.45) is 23.2 Å². The van der Waals surface area contributed by atoms with Crippen LogP contribution in [0.15, 0.2) is 59.7 Å². The first kappa shape index (κ1) is 44.2. The van der Waals surface area contributed by atoms with Crippen LogP contribution in [0.3, 0.4) is 0 Å². The maximum absolute atomic E-state index is 7.13. The molecule has 6 heteroatoms. The molecule has 296 valence electrons. The van der Waals surface area contributed by atoms with Gasteiger partial charge in [0, 0.05) is 17.9 Å². The fourth-order valence-corrected chi connectivity index (χ4v) is 13.4. The van der Waals surface area contributed by atoms with Crippen molar-refractivity contribution in [3.63, 3.8) is 0 Å². The molecule has 3 fully saturated rings. The van der Waals surface area contributed by atoms with E-state index in [0.29, 0.717) is 17.8 Å². The highest BCUT2D eigenvalue weighted by molar-refractivity contribution is 6.74. The molecule has 0 aliphatic heterocycles. The molecule has 6 atom stereocenters. The Labute approximate surface area is 330 Å². The van der Waals surface area contributed by atoms with E-state index in [1.165, 1.54) is 48.8 Å². The molecule has 0 radical (unpaired) electrons. The predicted molar refractivity (Wildman–Crippen MR) is 237 cm³/mol. The SMILES string of the molecule is C=C1C(=CC=C2CCC[C@]3(C)[C@@H]([C@@H](C)C#Cc4ccccc4C(C)(C)O[Si](C)(C)C)CC[C@@H]23)C[C@@H](O[Si](C)(C)C(C)(C)C)C[C@@H]1O[Si](C)(C)C(C)(C)C. The quantitative estimate of drug-likeness (QED) is 0.185. The highest BCUT2D eigenvalue weighted by Gasteiger charge is 2.51. The van der Waals surface area contributed by atoms with E-state index >= 15 is 0 Å². The predicted octanol–water partition coefficient (Wildman–Crippen LogP) is 14.0. The third kappa shape index (κ3) is 10.3. The lowest BCUT2D eigenvalue weighted by Crippen LogP contribution is -2.49. The molecule has 0 unspecified atom stereocenters. The van der Waals surface area contributed by atoms with Crippen LogP contribution in [0.1, 0.15) is 125 Å². The summed E-state index contributed by atoms with van der Waals surface area (Å²) in [5.74, 6) is 8.98. The van der Waals surface area contributed by atoms with Crippen LogP contribution in [0, 0.1) is 35.0 Å². The van der Waals surface area contributed by atoms with Gasteiger partial charge in [0.25, 0.3) is 0 Å². The van der Waals surface area contributed by atoms with E-state index < -0.39 is 25.0 Å². The number of fused-ring (bicyclic) bond motifs is 1. The van der Waals surface area contributed by atoms with Crippen molar-refractivity contribution >= 4 is 25.0 Å². The van der Waals surface area contributed by atoms with Gasteiger partial charge in [0.1, 0.15) is 0 Å². The molecule has 3 nitrogen and oxygen atoms in total. The van der Waals surface area contributed by atoms with Gasteiger partial charge >= 0.3 is 0 Å². The summed E-state index contributed by atoms with van der Waals surface area (Å²) < 4.78 is 20.9. The van der Waals surface area contributed by atoms with Crippen LogP contribution in [-0.4, -0.2) is 37.2 Å². The van der Waals surface area contributed by atoms with Crippen molar-refractivity contribution in [2.45, 2.75) is 188 Å². The van der Waals surface area contributed by atoms with E-state index in [1.54, 1.807) is 5.57 Å². The first-order chi connectivity index (χ1) is 24.1. The molecule has 4 rings (SSSR count). The Balaban J connectivity index is 1.60. The molecule has 0 bridgehead atoms. The summed E-state index contributed by atoms with van der Waals surface area (Å²) in [5.41, 5.74) is 6.35. The van der Waals surface area contributed by atoms with Crippen molar-refractivity contribution in [1.29, 1.82) is 0 Å². The molecule has 0 saturated heterocycles. The molecule has 0 aromatic heterocycles. The minimum Gasteiger partial charge on any atom is -0.413 e. The van der Waals surface area contributed by atoms with Gasteiger partial charge in [-0.05, 0) is 148 Å². The molecule has 1 aromatic rings. The van der Waals surface area contributed by atoms with Crippen LogP contribution < -0.4 is 0 Å². The van der Waals surface area contributed by atoms with Crippen LogP contribution in [-0.2, 0) is 18.9 Å². The summed E-state index contributed by atoms with van der Waals surface area (Å²) in [5, 5.41) is 0.305. The molecule has 0 amide bonds. The van der Waals surface area contributed by atoms with Crippen molar-refractivity contribution in [3.05, 3.63) is 70.8 Å². The smallest absolute Gasteiger partial charge is 0.192 e. The van der Waals surface area contributed by atoms with E-state index in [9.17, 15) is 0 Å². The van der Waals surface area contributed by atoms with Crippen LogP contribution in [0.25, 0.3) is 0 Å². The third-order valence-corrected chi connectivity index (χ3v) is 24.1. The monoisotopic (exact) mass is 775 g/mol. The van der Waals surface area contributed by atoms with Gasteiger partial charge < -0.3 is 13.3 Å². The highest BCUT2D eigenvalue weighted by atomic mass is 28.4. The Kier molecular flexibility index (Phi) is 13.2. The fourth-order valence-electron chi connectivity index (χ4n) is 9.10. The Hall–Kier alpha value is -1.47. The molecular formula is C47H78O3Si3. The van der Waals surface area contributed by atoms with Crippen LogP contribution >= 0.6 is 0 Å². The number of allylic oxidation sites excluding steroid dienone is 3. The molecule has 0 N–H and O–H groups in total. The Morgan fingerprint density at radius 2 is 1.47 bits per heavy atom. The summed E-state index contributed by atoms with van der Waals surface area (Å²) >= 11 is 0. The Morgan fingerprint density at radius 1 is 0.868 bits per heavy atom. The van der Waals surface area contributed by atoms with Gasteiger partial charge in [-0.1, -0.05) is 110 Å². The zero-order valence-electron chi connectivity index (χ0n) is 37.2. The lowest BCUT2D eigenvalue weighted by Gasteiger charge is -2.45. The van der Waals surface area contributed by atoms with Crippen molar-refractivity contribution in [1.82, 2.24) is 0 Å². The largest absolute Gasteiger partial charge is 0.413 e. The number of hydrogen-bond donors (Lipinski definition) is 0. The van der Waals surface area contributed by atoms with Gasteiger partial charge in [-0.3, -0.25) is 0 Å². The van der Waals surface area contributed by atoms with Gasteiger partial charge in [0.2, 0.25) is 0 Å². The zero-order valence-corrected chi connectivity index (χ0v) is 40.2. The number of hydrogen-bond acceptors (Lipinski definition) is 3. The van der Waals surface area contributed by atoms with E-state index in [4.69, 9.17) is 19.9 Å². The zero-order chi connectivity index (χ0) is 40.0. The van der Waals surface area contributed by atoms with Crippen LogP contribution in [0.2, 0.25) is 55.9 Å². The van der Waals surface area contributed by atoms with Gasteiger partial charge in [0.05, 0.1) is 17.8 Å². The molecule has 0 spiro atoms. The summed E-state index contributed by atoms with van der Waals surface area (Å²) in [6, 6.07) is 8.63. The topological polar surface area (TPSA) is 27.7 Å². The minimum absolute atomic E-state index is 0.00812. The standard InChI is InChI=1S/C47H78O3Si3/c1-34(25-26-36-22-19-20-24-41(36)46(9,10)50-51(12,13)14)40-29-30-42-37(23-21-31-47(40,42)11)27-28-38-32-39(48-52(15,16)44(3,4)5)33-43(35(38)2)49-53(17,18)45(6,7)8/h19-20,22,24,27-28,34,39-40,42-43H,2,21,23,29-33H2,1,3-18H3/t34-,39+,40+,42-,43-,47+/m0/s1. The second-order valence-electron chi connectivity index (χ2n) is 21.7. The van der Waals surface area contributed by atoms with Crippen molar-refractivity contribution < 1.29 is 13.3 Å². The molecule has 53 heavy (non-hydrogen) atoms. The Morgan fingerprint density at radius 3 is 2.08 bits per heavy atom. The molecule has 3 aliphatic rings. The van der Waals surface area contributed by atoms with Crippen LogP contribution in [0.5, 0.6) is 0 Å². The molecule has 3 aliphatic carbocycles. The van der Waals surface area contributed by atoms with Gasteiger partial charge in [-0.2, -0.15) is 0 Å². The summed E-state index contributed by atoms with van der Waals surface area (Å²) in [6.07, 6.45) is 13.2. The number of rotatable bonds is 9. The number of benzene rings is 1. The lowest BCUT2D eigenvalue weighted by molar-refractivity contribution is 0.0968. The summed E-state index contributed by atoms with van der Waals surface area (Å²) in [6.45, 7) is 44.4. The second-order valence-corrected chi connectivity index (χ2v) is 35.6. The van der Waals surface area contributed by atoms with Crippen molar-refractivity contribution in [2.75, 3.05) is 0 Å². The van der Waals surface area contributed by atoms with Gasteiger partial charge in [-0.25, -0.2) is 0 Å². The summed E-state index contributed by atoms with van der Waals surface area (Å²) in [7, 11) is -5.69.